The summed E-state index contributed by atoms with van der Waals surface area (Å²) in [5.74, 6) is 5.61. The summed E-state index contributed by atoms with van der Waals surface area (Å²) in [6.07, 6.45) is 0.777. The van der Waals surface area contributed by atoms with Gasteiger partial charge in [0.05, 0.1) is 9.83 Å². The number of hydrogen-bond acceptors (Lipinski definition) is 3. The summed E-state index contributed by atoms with van der Waals surface area (Å²) < 4.78 is 1.10. The summed E-state index contributed by atoms with van der Waals surface area (Å²) in [7, 11) is 0. The van der Waals surface area contributed by atoms with Gasteiger partial charge in [0.15, 0.2) is 0 Å². The standard InChI is InChI=1S/C12H12BrClN2S/c13-12-6-9(7-17-12)11(16-15)5-8-3-1-2-4-10(8)14/h1-4,6-7,11,16H,5,15H2. The Labute approximate surface area is 118 Å². The molecule has 2 nitrogen and oxygen atoms in total. The fraction of sp³-hybridized carbons (Fsp3) is 0.167. The van der Waals surface area contributed by atoms with E-state index in [1.54, 1.807) is 11.3 Å². The third kappa shape index (κ3) is 3.30. The van der Waals surface area contributed by atoms with E-state index >= 15 is 0 Å². The molecule has 0 aliphatic rings. The lowest BCUT2D eigenvalue weighted by Crippen LogP contribution is -2.29. The van der Waals surface area contributed by atoms with Crippen LogP contribution in [0, 0.1) is 0 Å². The number of thiophene rings is 1. The van der Waals surface area contributed by atoms with Crippen molar-refractivity contribution in [1.82, 2.24) is 5.43 Å². The van der Waals surface area contributed by atoms with Crippen LogP contribution >= 0.6 is 38.9 Å². The van der Waals surface area contributed by atoms with E-state index in [1.165, 1.54) is 5.56 Å². The molecule has 0 radical (unpaired) electrons. The highest BCUT2D eigenvalue weighted by Crippen LogP contribution is 2.28. The van der Waals surface area contributed by atoms with Crippen molar-refractivity contribution in [1.29, 1.82) is 0 Å². The highest BCUT2D eigenvalue weighted by molar-refractivity contribution is 9.11. The van der Waals surface area contributed by atoms with E-state index in [1.807, 2.05) is 24.3 Å². The smallest absolute Gasteiger partial charge is 0.0701 e. The predicted octanol–water partition coefficient (Wildman–Crippen LogP) is 3.91. The van der Waals surface area contributed by atoms with Crippen LogP contribution in [0.5, 0.6) is 0 Å². The minimum atomic E-state index is 0.0810. The Balaban J connectivity index is 2.18. The lowest BCUT2D eigenvalue weighted by molar-refractivity contribution is 0.553. The summed E-state index contributed by atoms with van der Waals surface area (Å²) in [4.78, 5) is 0. The van der Waals surface area contributed by atoms with Gasteiger partial charge in [-0.3, -0.25) is 11.3 Å². The van der Waals surface area contributed by atoms with Gasteiger partial charge in [-0.25, -0.2) is 0 Å². The molecule has 0 saturated carbocycles. The minimum absolute atomic E-state index is 0.0810. The molecule has 0 saturated heterocycles. The maximum atomic E-state index is 6.14. The molecule has 1 aromatic heterocycles. The van der Waals surface area contributed by atoms with E-state index in [4.69, 9.17) is 17.4 Å². The first-order valence-corrected chi connectivity index (χ1v) is 7.19. The zero-order chi connectivity index (χ0) is 12.3. The number of nitrogens with two attached hydrogens (primary N) is 1. The monoisotopic (exact) mass is 330 g/mol. The van der Waals surface area contributed by atoms with Gasteiger partial charge in [0.1, 0.15) is 0 Å². The number of halogens is 2. The molecular formula is C12H12BrClN2S. The fourth-order valence-corrected chi connectivity index (χ4v) is 3.11. The van der Waals surface area contributed by atoms with Crippen molar-refractivity contribution >= 4 is 38.9 Å². The summed E-state index contributed by atoms with van der Waals surface area (Å²) in [5, 5.41) is 2.87. The summed E-state index contributed by atoms with van der Waals surface area (Å²) in [5.41, 5.74) is 5.10. The van der Waals surface area contributed by atoms with Crippen LogP contribution in [0.1, 0.15) is 17.2 Å². The van der Waals surface area contributed by atoms with Gasteiger partial charge in [0.25, 0.3) is 0 Å². The van der Waals surface area contributed by atoms with Crippen LogP contribution in [0.4, 0.5) is 0 Å². The van der Waals surface area contributed by atoms with Crippen molar-refractivity contribution in [3.63, 3.8) is 0 Å². The molecule has 1 heterocycles. The van der Waals surface area contributed by atoms with Gasteiger partial charge in [-0.1, -0.05) is 29.8 Å². The van der Waals surface area contributed by atoms with Gasteiger partial charge in [0.2, 0.25) is 0 Å². The van der Waals surface area contributed by atoms with Gasteiger partial charge < -0.3 is 0 Å². The van der Waals surface area contributed by atoms with Crippen LogP contribution in [-0.4, -0.2) is 0 Å². The van der Waals surface area contributed by atoms with Crippen LogP contribution in [-0.2, 0) is 6.42 Å². The quantitative estimate of drug-likeness (QED) is 0.658. The second kappa shape index (κ2) is 5.98. The number of hydrogen-bond donors (Lipinski definition) is 2. The Morgan fingerprint density at radius 1 is 1.41 bits per heavy atom. The molecule has 1 aromatic carbocycles. The molecule has 2 aromatic rings. The first-order chi connectivity index (χ1) is 8.20. The highest BCUT2D eigenvalue weighted by Gasteiger charge is 2.13. The van der Waals surface area contributed by atoms with Crippen LogP contribution in [0.15, 0.2) is 39.5 Å². The van der Waals surface area contributed by atoms with E-state index in [0.717, 1.165) is 20.8 Å². The zero-order valence-electron chi connectivity index (χ0n) is 8.99. The van der Waals surface area contributed by atoms with Crippen molar-refractivity contribution in [2.45, 2.75) is 12.5 Å². The average molecular weight is 332 g/mol. The molecule has 0 amide bonds. The van der Waals surface area contributed by atoms with Crippen LogP contribution in [0.25, 0.3) is 0 Å². The van der Waals surface area contributed by atoms with Gasteiger partial charge in [-0.05, 0) is 51.0 Å². The van der Waals surface area contributed by atoms with Gasteiger partial charge in [-0.2, -0.15) is 0 Å². The Bertz CT molecular complexity index is 501. The van der Waals surface area contributed by atoms with Crippen LogP contribution in [0.3, 0.4) is 0 Å². The Kier molecular flexibility index (Phi) is 4.59. The average Bonchev–Trinajstić information content (AvgIpc) is 2.75. The third-order valence-corrected chi connectivity index (χ3v) is 4.46. The van der Waals surface area contributed by atoms with Gasteiger partial charge in [0, 0.05) is 5.02 Å². The number of nitrogens with one attached hydrogen (secondary N) is 1. The predicted molar refractivity (Wildman–Crippen MR) is 77.2 cm³/mol. The molecule has 1 unspecified atom stereocenters. The minimum Gasteiger partial charge on any atom is -0.271 e. The zero-order valence-corrected chi connectivity index (χ0v) is 12.1. The van der Waals surface area contributed by atoms with E-state index in [9.17, 15) is 0 Å². The molecule has 0 bridgehead atoms. The summed E-state index contributed by atoms with van der Waals surface area (Å²) in [6, 6.07) is 9.99. The number of rotatable bonds is 4. The lowest BCUT2D eigenvalue weighted by atomic mass is 10.0. The Morgan fingerprint density at radius 2 is 2.18 bits per heavy atom. The molecule has 1 atom stereocenters. The molecule has 0 aliphatic carbocycles. The van der Waals surface area contributed by atoms with Gasteiger partial charge in [-0.15, -0.1) is 11.3 Å². The van der Waals surface area contributed by atoms with Crippen LogP contribution < -0.4 is 11.3 Å². The van der Waals surface area contributed by atoms with Crippen LogP contribution in [0.2, 0.25) is 5.02 Å². The topological polar surface area (TPSA) is 38.0 Å². The Hall–Kier alpha value is -0.390. The SMILES string of the molecule is NNC(Cc1ccccc1Cl)c1csc(Br)c1. The normalized spacial score (nSPS) is 12.6. The number of benzene rings is 1. The Morgan fingerprint density at radius 3 is 2.76 bits per heavy atom. The third-order valence-electron chi connectivity index (χ3n) is 2.57. The first-order valence-electron chi connectivity index (χ1n) is 5.14. The van der Waals surface area contributed by atoms with Crippen molar-refractivity contribution < 1.29 is 0 Å². The molecule has 90 valence electrons. The summed E-state index contributed by atoms with van der Waals surface area (Å²) in [6.45, 7) is 0. The highest BCUT2D eigenvalue weighted by atomic mass is 79.9. The molecule has 17 heavy (non-hydrogen) atoms. The van der Waals surface area contributed by atoms with Crippen molar-refractivity contribution in [3.05, 3.63) is 55.6 Å². The number of hydrazine groups is 1. The maximum Gasteiger partial charge on any atom is 0.0701 e. The molecule has 0 spiro atoms. The lowest BCUT2D eigenvalue weighted by Gasteiger charge is -2.15. The van der Waals surface area contributed by atoms with E-state index in [-0.39, 0.29) is 6.04 Å². The maximum absolute atomic E-state index is 6.14. The first kappa shape index (κ1) is 13.1. The molecular weight excluding hydrogens is 320 g/mol. The molecule has 0 aliphatic heterocycles. The molecule has 0 fully saturated rings. The second-order valence-electron chi connectivity index (χ2n) is 3.70. The largest absolute Gasteiger partial charge is 0.271 e. The van der Waals surface area contributed by atoms with E-state index in [0.29, 0.717) is 0 Å². The van der Waals surface area contributed by atoms with E-state index < -0.39 is 0 Å². The van der Waals surface area contributed by atoms with Crippen molar-refractivity contribution in [2.24, 2.45) is 5.84 Å². The van der Waals surface area contributed by atoms with Crippen molar-refractivity contribution in [3.8, 4) is 0 Å². The molecule has 5 heteroatoms. The summed E-state index contributed by atoms with van der Waals surface area (Å²) >= 11 is 11.2. The van der Waals surface area contributed by atoms with E-state index in [2.05, 4.69) is 32.8 Å². The fourth-order valence-electron chi connectivity index (χ4n) is 1.66. The molecule has 3 N–H and O–H groups in total. The second-order valence-corrected chi connectivity index (χ2v) is 6.40. The van der Waals surface area contributed by atoms with Crippen molar-refractivity contribution in [2.75, 3.05) is 0 Å². The molecule has 2 rings (SSSR count). The van der Waals surface area contributed by atoms with Gasteiger partial charge >= 0.3 is 0 Å².